The first kappa shape index (κ1) is 16.0. The van der Waals surface area contributed by atoms with Crippen molar-refractivity contribution in [1.82, 2.24) is 0 Å². The molecule has 3 aromatic rings. The Morgan fingerprint density at radius 2 is 1.36 bits per heavy atom. The minimum Gasteiger partial charge on any atom is -0.457 e. The molecule has 0 amide bonds. The summed E-state index contributed by atoms with van der Waals surface area (Å²) in [6, 6.07) is 21.3. The van der Waals surface area contributed by atoms with Crippen LogP contribution in [-0.2, 0) is 0 Å². The number of rotatable bonds is 4. The van der Waals surface area contributed by atoms with E-state index in [9.17, 15) is 9.65 Å². The third-order valence-corrected chi connectivity index (χ3v) is 3.32. The van der Waals surface area contributed by atoms with Gasteiger partial charge in [-0.2, -0.15) is 10.5 Å². The van der Waals surface area contributed by atoms with Crippen molar-refractivity contribution in [3.8, 4) is 35.1 Å². The van der Waals surface area contributed by atoms with E-state index in [2.05, 4.69) is 0 Å². The quantitative estimate of drug-likeness (QED) is 0.663. The van der Waals surface area contributed by atoms with Crippen LogP contribution in [0.5, 0.6) is 23.0 Å². The lowest BCUT2D eigenvalue weighted by atomic mass is 10.1. The summed E-state index contributed by atoms with van der Waals surface area (Å²) in [5.41, 5.74) is 0.411. The van der Waals surface area contributed by atoms with Crippen LogP contribution in [0.15, 0.2) is 66.7 Å². The van der Waals surface area contributed by atoms with Gasteiger partial charge in [0.1, 0.15) is 46.5 Å². The standard InChI is InChI=1S/C20H11FN2O2/c21-15-5-2-6-16(10-15)24-17-7-3-8-18(11-17)25-20-9-1-4-14(12-22)19(20)13-23/h1-11H. The molecule has 0 atom stereocenters. The normalized spacial score (nSPS) is 9.72. The molecule has 3 aromatic carbocycles. The summed E-state index contributed by atoms with van der Waals surface area (Å²) in [5.74, 6) is 1.14. The predicted molar refractivity (Wildman–Crippen MR) is 88.9 cm³/mol. The summed E-state index contributed by atoms with van der Waals surface area (Å²) >= 11 is 0. The van der Waals surface area contributed by atoms with Crippen molar-refractivity contribution in [3.63, 3.8) is 0 Å². The summed E-state index contributed by atoms with van der Waals surface area (Å²) in [6.07, 6.45) is 0. The van der Waals surface area contributed by atoms with Gasteiger partial charge < -0.3 is 9.47 Å². The third-order valence-electron chi connectivity index (χ3n) is 3.32. The Bertz CT molecular complexity index is 1000. The summed E-state index contributed by atoms with van der Waals surface area (Å²) in [6.45, 7) is 0. The van der Waals surface area contributed by atoms with Gasteiger partial charge in [-0.25, -0.2) is 4.39 Å². The van der Waals surface area contributed by atoms with E-state index in [0.29, 0.717) is 17.2 Å². The van der Waals surface area contributed by atoms with E-state index >= 15 is 0 Å². The Balaban J connectivity index is 1.86. The summed E-state index contributed by atoms with van der Waals surface area (Å²) in [4.78, 5) is 0. The van der Waals surface area contributed by atoms with Crippen molar-refractivity contribution in [2.45, 2.75) is 0 Å². The van der Waals surface area contributed by atoms with Crippen LogP contribution >= 0.6 is 0 Å². The minimum absolute atomic E-state index is 0.168. The van der Waals surface area contributed by atoms with Gasteiger partial charge in [0.15, 0.2) is 0 Å². The highest BCUT2D eigenvalue weighted by Crippen LogP contribution is 2.31. The second-order valence-corrected chi connectivity index (χ2v) is 5.04. The van der Waals surface area contributed by atoms with E-state index < -0.39 is 5.82 Å². The molecule has 0 spiro atoms. The summed E-state index contributed by atoms with van der Waals surface area (Å²) in [7, 11) is 0. The molecule has 0 unspecified atom stereocenters. The van der Waals surface area contributed by atoms with E-state index in [4.69, 9.17) is 14.7 Å². The monoisotopic (exact) mass is 330 g/mol. The highest BCUT2D eigenvalue weighted by atomic mass is 19.1. The van der Waals surface area contributed by atoms with Crippen molar-refractivity contribution in [2.24, 2.45) is 0 Å². The number of nitriles is 2. The summed E-state index contributed by atoms with van der Waals surface area (Å²) in [5, 5.41) is 18.3. The molecule has 0 saturated carbocycles. The number of hydrogen-bond acceptors (Lipinski definition) is 4. The van der Waals surface area contributed by atoms with Crippen LogP contribution in [0.4, 0.5) is 4.39 Å². The molecule has 3 rings (SSSR count). The molecule has 0 bridgehead atoms. The first-order valence-corrected chi connectivity index (χ1v) is 7.34. The molecule has 5 heteroatoms. The molecule has 0 heterocycles. The zero-order chi connectivity index (χ0) is 17.6. The molecule has 0 aromatic heterocycles. The molecule has 25 heavy (non-hydrogen) atoms. The van der Waals surface area contributed by atoms with Crippen molar-refractivity contribution in [2.75, 3.05) is 0 Å². The molecular weight excluding hydrogens is 319 g/mol. The van der Waals surface area contributed by atoms with Crippen molar-refractivity contribution < 1.29 is 13.9 Å². The van der Waals surface area contributed by atoms with E-state index in [1.165, 1.54) is 12.1 Å². The second-order valence-electron chi connectivity index (χ2n) is 5.04. The molecule has 0 N–H and O–H groups in total. The van der Waals surface area contributed by atoms with Gasteiger partial charge in [0.2, 0.25) is 0 Å². The predicted octanol–water partition coefficient (Wildman–Crippen LogP) is 5.15. The van der Waals surface area contributed by atoms with Crippen LogP contribution in [0.1, 0.15) is 11.1 Å². The van der Waals surface area contributed by atoms with Crippen molar-refractivity contribution in [1.29, 1.82) is 10.5 Å². The molecule has 4 nitrogen and oxygen atoms in total. The fourth-order valence-electron chi connectivity index (χ4n) is 2.22. The average molecular weight is 330 g/mol. The first-order valence-electron chi connectivity index (χ1n) is 7.34. The van der Waals surface area contributed by atoms with Crippen LogP contribution in [0.2, 0.25) is 0 Å². The number of hydrogen-bond donors (Lipinski definition) is 0. The van der Waals surface area contributed by atoms with Crippen LogP contribution in [-0.4, -0.2) is 0 Å². The molecule has 0 radical (unpaired) electrons. The maximum atomic E-state index is 13.2. The molecular formula is C20H11FN2O2. The number of halogens is 1. The van der Waals surface area contributed by atoms with Crippen LogP contribution in [0, 0.1) is 28.5 Å². The van der Waals surface area contributed by atoms with Crippen LogP contribution in [0.3, 0.4) is 0 Å². The highest BCUT2D eigenvalue weighted by molar-refractivity contribution is 5.55. The molecule has 0 aliphatic carbocycles. The Morgan fingerprint density at radius 3 is 2.04 bits per heavy atom. The second kappa shape index (κ2) is 7.16. The lowest BCUT2D eigenvalue weighted by molar-refractivity contribution is 0.457. The van der Waals surface area contributed by atoms with Gasteiger partial charge in [-0.15, -0.1) is 0 Å². The molecule has 0 aliphatic rings. The fraction of sp³-hybridized carbons (Fsp3) is 0. The van der Waals surface area contributed by atoms with Crippen LogP contribution < -0.4 is 9.47 Å². The fourth-order valence-corrected chi connectivity index (χ4v) is 2.22. The van der Waals surface area contributed by atoms with E-state index in [1.54, 1.807) is 54.6 Å². The van der Waals surface area contributed by atoms with E-state index in [-0.39, 0.29) is 16.9 Å². The van der Waals surface area contributed by atoms with E-state index in [1.807, 2.05) is 12.1 Å². The Morgan fingerprint density at radius 1 is 0.720 bits per heavy atom. The van der Waals surface area contributed by atoms with Gasteiger partial charge in [-0.3, -0.25) is 0 Å². The van der Waals surface area contributed by atoms with E-state index in [0.717, 1.165) is 0 Å². The average Bonchev–Trinajstić information content (AvgIpc) is 2.62. The molecule has 120 valence electrons. The van der Waals surface area contributed by atoms with Gasteiger partial charge >= 0.3 is 0 Å². The topological polar surface area (TPSA) is 66.0 Å². The molecule has 0 aliphatic heterocycles. The van der Waals surface area contributed by atoms with Crippen LogP contribution in [0.25, 0.3) is 0 Å². The Kier molecular flexibility index (Phi) is 4.60. The van der Waals surface area contributed by atoms with Crippen molar-refractivity contribution >= 4 is 0 Å². The lowest BCUT2D eigenvalue weighted by Crippen LogP contribution is -1.92. The number of nitrogens with zero attached hydrogens (tertiary/aromatic N) is 2. The highest BCUT2D eigenvalue weighted by Gasteiger charge is 2.10. The zero-order valence-corrected chi connectivity index (χ0v) is 12.9. The smallest absolute Gasteiger partial charge is 0.146 e. The Labute approximate surface area is 143 Å². The first-order chi connectivity index (χ1) is 12.2. The maximum absolute atomic E-state index is 13.2. The van der Waals surface area contributed by atoms with Gasteiger partial charge in [-0.1, -0.05) is 18.2 Å². The third kappa shape index (κ3) is 3.74. The molecule has 0 fully saturated rings. The summed E-state index contributed by atoms with van der Waals surface area (Å²) < 4.78 is 24.5. The zero-order valence-electron chi connectivity index (χ0n) is 12.9. The Hall–Kier alpha value is -3.83. The van der Waals surface area contributed by atoms with Gasteiger partial charge in [0.25, 0.3) is 0 Å². The van der Waals surface area contributed by atoms with Gasteiger partial charge in [0, 0.05) is 12.1 Å². The SMILES string of the molecule is N#Cc1cccc(Oc2cccc(Oc3cccc(F)c3)c2)c1C#N. The number of ether oxygens (including phenoxy) is 2. The maximum Gasteiger partial charge on any atom is 0.146 e. The van der Waals surface area contributed by atoms with Gasteiger partial charge in [0.05, 0.1) is 5.56 Å². The molecule has 0 saturated heterocycles. The lowest BCUT2D eigenvalue weighted by Gasteiger charge is -2.10. The number of benzene rings is 3. The van der Waals surface area contributed by atoms with Gasteiger partial charge in [-0.05, 0) is 36.4 Å². The largest absolute Gasteiger partial charge is 0.457 e. The van der Waals surface area contributed by atoms with Crippen molar-refractivity contribution in [3.05, 3.63) is 83.7 Å². The minimum atomic E-state index is -0.392.